The summed E-state index contributed by atoms with van der Waals surface area (Å²) >= 11 is 8.97. The molecule has 0 unspecified atom stereocenters. The maximum atomic E-state index is 12.5. The van der Waals surface area contributed by atoms with E-state index in [1.807, 2.05) is 13.8 Å². The predicted octanol–water partition coefficient (Wildman–Crippen LogP) is 4.38. The molecule has 0 aliphatic rings. The SMILES string of the molecule is CCn1cc(S)n(C(C)(C)CCCOCCCOCCCC(C)(C)n2c(S)cn(CC)c2=O)c1=O. The summed E-state index contributed by atoms with van der Waals surface area (Å²) in [5.41, 5.74) is -0.650. The van der Waals surface area contributed by atoms with Crippen LogP contribution in [0.1, 0.15) is 73.6 Å². The Hall–Kier alpha value is -1.36. The quantitative estimate of drug-likeness (QED) is 0.251. The third-order valence-electron chi connectivity index (χ3n) is 6.50. The van der Waals surface area contributed by atoms with E-state index in [1.165, 1.54) is 0 Å². The first-order chi connectivity index (χ1) is 16.5. The van der Waals surface area contributed by atoms with E-state index in [0.29, 0.717) is 49.6 Å². The van der Waals surface area contributed by atoms with E-state index >= 15 is 0 Å². The molecule has 0 aliphatic carbocycles. The average Bonchev–Trinajstić information content (AvgIpc) is 3.25. The average molecular weight is 529 g/mol. The second-order valence-electron chi connectivity index (χ2n) is 10.2. The number of aryl methyl sites for hydroxylation is 2. The van der Waals surface area contributed by atoms with Crippen LogP contribution < -0.4 is 11.4 Å². The number of aromatic nitrogens is 4. The van der Waals surface area contributed by atoms with Gasteiger partial charge in [-0.2, -0.15) is 0 Å². The lowest BCUT2D eigenvalue weighted by molar-refractivity contribution is 0.0735. The molecule has 8 nitrogen and oxygen atoms in total. The lowest BCUT2D eigenvalue weighted by Crippen LogP contribution is -2.37. The molecule has 0 bridgehead atoms. The van der Waals surface area contributed by atoms with Crippen molar-refractivity contribution in [2.24, 2.45) is 0 Å². The fourth-order valence-corrected chi connectivity index (χ4v) is 5.44. The molecule has 35 heavy (non-hydrogen) atoms. The summed E-state index contributed by atoms with van der Waals surface area (Å²) in [6.45, 7) is 16.1. The number of hydrogen-bond donors (Lipinski definition) is 2. The molecule has 200 valence electrons. The van der Waals surface area contributed by atoms with Gasteiger partial charge < -0.3 is 9.47 Å². The molecular weight excluding hydrogens is 484 g/mol. The van der Waals surface area contributed by atoms with E-state index in [1.54, 1.807) is 30.7 Å². The van der Waals surface area contributed by atoms with Crippen molar-refractivity contribution in [2.45, 2.75) is 108 Å². The second-order valence-corrected chi connectivity index (χ2v) is 11.1. The normalized spacial score (nSPS) is 12.6. The fraction of sp³-hybridized carbons (Fsp3) is 0.760. The van der Waals surface area contributed by atoms with Gasteiger partial charge in [-0.25, -0.2) is 9.59 Å². The molecule has 0 amide bonds. The van der Waals surface area contributed by atoms with Crippen LogP contribution in [0, 0.1) is 0 Å². The molecule has 2 aromatic heterocycles. The first-order valence-electron chi connectivity index (χ1n) is 12.6. The van der Waals surface area contributed by atoms with Gasteiger partial charge in [0.1, 0.15) is 0 Å². The monoisotopic (exact) mass is 528 g/mol. The van der Waals surface area contributed by atoms with E-state index in [2.05, 4.69) is 53.0 Å². The smallest absolute Gasteiger partial charge is 0.329 e. The zero-order valence-corrected chi connectivity index (χ0v) is 24.0. The van der Waals surface area contributed by atoms with E-state index in [-0.39, 0.29) is 22.5 Å². The summed E-state index contributed by atoms with van der Waals surface area (Å²) < 4.78 is 18.4. The molecule has 10 heteroatoms. The molecular formula is C25H44N4O4S2. The highest BCUT2D eigenvalue weighted by molar-refractivity contribution is 7.80. The lowest BCUT2D eigenvalue weighted by Gasteiger charge is -2.27. The molecule has 0 fully saturated rings. The minimum absolute atomic E-state index is 0.0126. The van der Waals surface area contributed by atoms with Crippen molar-refractivity contribution < 1.29 is 9.47 Å². The van der Waals surface area contributed by atoms with E-state index in [9.17, 15) is 9.59 Å². The Morgan fingerprint density at radius 1 is 0.686 bits per heavy atom. The van der Waals surface area contributed by atoms with E-state index in [0.717, 1.165) is 32.1 Å². The summed E-state index contributed by atoms with van der Waals surface area (Å²) in [5.74, 6) is 0. The van der Waals surface area contributed by atoms with Crippen molar-refractivity contribution >= 4 is 25.3 Å². The molecule has 0 spiro atoms. The van der Waals surface area contributed by atoms with Crippen molar-refractivity contribution in [3.8, 4) is 0 Å². The number of rotatable bonds is 16. The van der Waals surface area contributed by atoms with Gasteiger partial charge in [0.2, 0.25) is 0 Å². The van der Waals surface area contributed by atoms with Crippen LogP contribution in [0.4, 0.5) is 0 Å². The Morgan fingerprint density at radius 2 is 1.03 bits per heavy atom. The van der Waals surface area contributed by atoms with Gasteiger partial charge in [-0.3, -0.25) is 18.3 Å². The minimum atomic E-state index is -0.313. The summed E-state index contributed by atoms with van der Waals surface area (Å²) in [6, 6.07) is 0. The van der Waals surface area contributed by atoms with Crippen LogP contribution in [0.5, 0.6) is 0 Å². The third-order valence-corrected chi connectivity index (χ3v) is 7.13. The Bertz CT molecular complexity index is 967. The zero-order chi connectivity index (χ0) is 26.2. The van der Waals surface area contributed by atoms with Crippen LogP contribution in [0.25, 0.3) is 0 Å². The first kappa shape index (κ1) is 29.9. The van der Waals surface area contributed by atoms with Gasteiger partial charge >= 0.3 is 11.4 Å². The Labute approximate surface area is 220 Å². The van der Waals surface area contributed by atoms with Crippen LogP contribution in [-0.2, 0) is 33.6 Å². The van der Waals surface area contributed by atoms with Gasteiger partial charge in [-0.05, 0) is 73.6 Å². The van der Waals surface area contributed by atoms with Crippen molar-refractivity contribution in [2.75, 3.05) is 26.4 Å². The van der Waals surface area contributed by atoms with Gasteiger partial charge in [0.25, 0.3) is 0 Å². The molecule has 0 atom stereocenters. The number of ether oxygens (including phenoxy) is 2. The van der Waals surface area contributed by atoms with Crippen molar-refractivity contribution in [3.63, 3.8) is 0 Å². The molecule has 0 saturated heterocycles. The first-order valence-corrected chi connectivity index (χ1v) is 13.5. The summed E-state index contributed by atoms with van der Waals surface area (Å²) in [7, 11) is 0. The highest BCUT2D eigenvalue weighted by atomic mass is 32.1. The maximum absolute atomic E-state index is 12.5. The maximum Gasteiger partial charge on any atom is 0.329 e. The van der Waals surface area contributed by atoms with Gasteiger partial charge in [0.15, 0.2) is 0 Å². The Morgan fingerprint density at radius 3 is 1.34 bits per heavy atom. The largest absolute Gasteiger partial charge is 0.381 e. The molecule has 0 N–H and O–H groups in total. The Balaban J connectivity index is 1.59. The molecule has 0 radical (unpaired) electrons. The fourth-order valence-electron chi connectivity index (χ4n) is 4.45. The predicted molar refractivity (Wildman–Crippen MR) is 147 cm³/mol. The standard InChI is InChI=1S/C25H44N4O4S2/c1-7-26-18-20(34)28(22(26)30)24(3,4)12-9-14-32-16-11-17-33-15-10-13-25(5,6)29-21(35)19-27(8-2)23(29)31/h18-19,34-35H,7-17H2,1-6H3. The highest BCUT2D eigenvalue weighted by Crippen LogP contribution is 2.25. The van der Waals surface area contributed by atoms with Crippen molar-refractivity contribution in [1.82, 2.24) is 18.3 Å². The molecule has 0 aliphatic heterocycles. The van der Waals surface area contributed by atoms with Crippen LogP contribution in [-0.4, -0.2) is 44.7 Å². The van der Waals surface area contributed by atoms with E-state index < -0.39 is 0 Å². The van der Waals surface area contributed by atoms with Gasteiger partial charge in [-0.1, -0.05) is 0 Å². The van der Waals surface area contributed by atoms with Gasteiger partial charge in [0, 0.05) is 63.0 Å². The third kappa shape index (κ3) is 7.81. The lowest BCUT2D eigenvalue weighted by atomic mass is 9.98. The summed E-state index contributed by atoms with van der Waals surface area (Å²) in [4.78, 5) is 25.1. The number of nitrogens with zero attached hydrogens (tertiary/aromatic N) is 4. The second kappa shape index (κ2) is 13.3. The van der Waals surface area contributed by atoms with Crippen molar-refractivity contribution in [3.05, 3.63) is 33.4 Å². The molecule has 0 aromatic carbocycles. The highest BCUT2D eigenvalue weighted by Gasteiger charge is 2.26. The minimum Gasteiger partial charge on any atom is -0.381 e. The van der Waals surface area contributed by atoms with Gasteiger partial charge in [-0.15, -0.1) is 25.3 Å². The molecule has 2 heterocycles. The molecule has 2 aromatic rings. The summed E-state index contributed by atoms with van der Waals surface area (Å²) in [6.07, 6.45) is 7.83. The topological polar surface area (TPSA) is 72.3 Å². The van der Waals surface area contributed by atoms with Crippen LogP contribution in [0.3, 0.4) is 0 Å². The summed E-state index contributed by atoms with van der Waals surface area (Å²) in [5, 5.41) is 1.39. The van der Waals surface area contributed by atoms with E-state index in [4.69, 9.17) is 9.47 Å². The van der Waals surface area contributed by atoms with Crippen LogP contribution >= 0.6 is 25.3 Å². The molecule has 0 saturated carbocycles. The number of hydrogen-bond acceptors (Lipinski definition) is 6. The van der Waals surface area contributed by atoms with Crippen molar-refractivity contribution in [1.29, 1.82) is 0 Å². The number of thiol groups is 2. The zero-order valence-electron chi connectivity index (χ0n) is 22.2. The van der Waals surface area contributed by atoms with Crippen LogP contribution in [0.15, 0.2) is 32.0 Å². The van der Waals surface area contributed by atoms with Gasteiger partial charge in [0.05, 0.1) is 10.1 Å². The molecule has 2 rings (SSSR count). The van der Waals surface area contributed by atoms with Crippen LogP contribution in [0.2, 0.25) is 0 Å². The number of imidazole rings is 2. The Kier molecular flexibility index (Phi) is 11.3.